The molecule has 0 saturated heterocycles. The molecule has 1 aliphatic heterocycles. The fourth-order valence-electron chi connectivity index (χ4n) is 5.70. The molecule has 1 saturated carbocycles. The van der Waals surface area contributed by atoms with Gasteiger partial charge in [0.15, 0.2) is 0 Å². The summed E-state index contributed by atoms with van der Waals surface area (Å²) in [4.78, 5) is 27.0. The van der Waals surface area contributed by atoms with Gasteiger partial charge in [-0.3, -0.25) is 0 Å². The number of carbonyl (C=O) groups excluding carboxylic acids is 1. The quantitative estimate of drug-likeness (QED) is 0.209. The van der Waals surface area contributed by atoms with Crippen LogP contribution in [-0.4, -0.2) is 36.2 Å². The molecule has 0 bridgehead atoms. The Morgan fingerprint density at radius 1 is 1.07 bits per heavy atom. The van der Waals surface area contributed by atoms with Gasteiger partial charge in [0.05, 0.1) is 16.8 Å². The topological polar surface area (TPSA) is 76.1 Å². The molecule has 6 nitrogen and oxygen atoms in total. The van der Waals surface area contributed by atoms with Crippen LogP contribution in [0.4, 0.5) is 5.69 Å². The fourth-order valence-corrected chi connectivity index (χ4v) is 6.16. The van der Waals surface area contributed by atoms with E-state index >= 15 is 0 Å². The van der Waals surface area contributed by atoms with Gasteiger partial charge in [-0.2, -0.15) is 0 Å². The van der Waals surface area contributed by atoms with E-state index in [-0.39, 0.29) is 23.4 Å². The number of fused-ring (bicyclic) bond motifs is 2. The number of halogens is 2. The zero-order valence-corrected chi connectivity index (χ0v) is 25.1. The number of benzene rings is 3. The lowest BCUT2D eigenvalue weighted by Gasteiger charge is -2.43. The number of aromatic carboxylic acids is 1. The first-order valence-electron chi connectivity index (χ1n) is 13.9. The summed E-state index contributed by atoms with van der Waals surface area (Å²) in [6.45, 7) is 5.78. The Hall–Kier alpha value is -3.29. The molecule has 41 heavy (non-hydrogen) atoms. The first kappa shape index (κ1) is 29.2. The SMILES string of the molecule is C=CC(OC(=O)c1ccc(Br)cc1)C1CCC1CN1CCCCc2cc(Cl)ccc2COc2ccc(C(=O)O)cc21. The Morgan fingerprint density at radius 3 is 2.56 bits per heavy atom. The van der Waals surface area contributed by atoms with E-state index in [4.69, 9.17) is 21.1 Å². The second-order valence-corrected chi connectivity index (χ2v) is 12.1. The maximum atomic E-state index is 12.9. The molecule has 3 atom stereocenters. The molecule has 3 aromatic rings. The van der Waals surface area contributed by atoms with E-state index in [2.05, 4.69) is 27.4 Å². The number of aryl methyl sites for hydroxylation is 1. The minimum absolute atomic E-state index is 0.128. The summed E-state index contributed by atoms with van der Waals surface area (Å²) in [5.41, 5.74) is 3.75. The molecule has 3 unspecified atom stereocenters. The highest BCUT2D eigenvalue weighted by molar-refractivity contribution is 9.10. The molecule has 0 amide bonds. The van der Waals surface area contributed by atoms with Crippen LogP contribution < -0.4 is 9.64 Å². The normalized spacial score (nSPS) is 19.3. The van der Waals surface area contributed by atoms with Crippen LogP contribution in [0.2, 0.25) is 5.02 Å². The Labute approximate surface area is 254 Å². The van der Waals surface area contributed by atoms with Gasteiger partial charge < -0.3 is 19.5 Å². The number of anilines is 1. The van der Waals surface area contributed by atoms with Crippen LogP contribution in [0.1, 0.15) is 57.5 Å². The third kappa shape index (κ3) is 6.96. The third-order valence-corrected chi connectivity index (χ3v) is 8.89. The minimum Gasteiger partial charge on any atom is -0.487 e. The number of carbonyl (C=O) groups is 2. The Bertz CT molecular complexity index is 1430. The van der Waals surface area contributed by atoms with Crippen molar-refractivity contribution in [3.05, 3.63) is 105 Å². The van der Waals surface area contributed by atoms with Gasteiger partial charge in [0, 0.05) is 28.5 Å². The summed E-state index contributed by atoms with van der Waals surface area (Å²) >= 11 is 9.68. The summed E-state index contributed by atoms with van der Waals surface area (Å²) < 4.78 is 13.1. The van der Waals surface area contributed by atoms with Gasteiger partial charge in [0.1, 0.15) is 18.5 Å². The molecule has 1 fully saturated rings. The number of esters is 1. The van der Waals surface area contributed by atoms with E-state index < -0.39 is 12.1 Å². The van der Waals surface area contributed by atoms with Crippen LogP contribution in [-0.2, 0) is 17.8 Å². The monoisotopic (exact) mass is 637 g/mol. The van der Waals surface area contributed by atoms with Gasteiger partial charge in [-0.15, -0.1) is 0 Å². The van der Waals surface area contributed by atoms with Gasteiger partial charge in [-0.25, -0.2) is 9.59 Å². The van der Waals surface area contributed by atoms with Gasteiger partial charge in [0.25, 0.3) is 0 Å². The molecule has 3 aromatic carbocycles. The van der Waals surface area contributed by atoms with Crippen molar-refractivity contribution in [1.82, 2.24) is 0 Å². The van der Waals surface area contributed by atoms with Gasteiger partial charge in [-0.05, 0) is 104 Å². The van der Waals surface area contributed by atoms with Crippen molar-refractivity contribution in [2.75, 3.05) is 18.0 Å². The summed E-state index contributed by atoms with van der Waals surface area (Å²) in [5.74, 6) is -0.319. The number of nitrogens with zero attached hydrogens (tertiary/aromatic N) is 1. The smallest absolute Gasteiger partial charge is 0.338 e. The number of hydrogen-bond acceptors (Lipinski definition) is 5. The van der Waals surface area contributed by atoms with Crippen molar-refractivity contribution < 1.29 is 24.2 Å². The second-order valence-electron chi connectivity index (χ2n) is 10.7. The van der Waals surface area contributed by atoms with E-state index in [1.54, 1.807) is 36.4 Å². The number of rotatable bonds is 7. The van der Waals surface area contributed by atoms with E-state index in [1.807, 2.05) is 30.3 Å². The van der Waals surface area contributed by atoms with Crippen LogP contribution in [0.15, 0.2) is 77.8 Å². The number of carboxylic acids is 1. The van der Waals surface area contributed by atoms with Crippen molar-refractivity contribution in [3.8, 4) is 5.75 Å². The lowest BCUT2D eigenvalue weighted by atomic mass is 9.70. The summed E-state index contributed by atoms with van der Waals surface area (Å²) in [6.07, 6.45) is 6.00. The molecule has 0 aromatic heterocycles. The van der Waals surface area contributed by atoms with Crippen molar-refractivity contribution in [2.24, 2.45) is 11.8 Å². The van der Waals surface area contributed by atoms with Crippen LogP contribution in [0, 0.1) is 11.8 Å². The summed E-state index contributed by atoms with van der Waals surface area (Å²) in [6, 6.07) is 18.1. The molecule has 1 heterocycles. The van der Waals surface area contributed by atoms with Crippen molar-refractivity contribution >= 4 is 45.2 Å². The predicted molar refractivity (Wildman–Crippen MR) is 164 cm³/mol. The summed E-state index contributed by atoms with van der Waals surface area (Å²) in [7, 11) is 0. The molecule has 214 valence electrons. The van der Waals surface area contributed by atoms with Gasteiger partial charge in [-0.1, -0.05) is 46.3 Å². The Kier molecular flexibility index (Phi) is 9.35. The lowest BCUT2D eigenvalue weighted by molar-refractivity contribution is -0.00170. The van der Waals surface area contributed by atoms with Crippen molar-refractivity contribution in [3.63, 3.8) is 0 Å². The highest BCUT2D eigenvalue weighted by Crippen LogP contribution is 2.41. The highest BCUT2D eigenvalue weighted by atomic mass is 79.9. The van der Waals surface area contributed by atoms with E-state index in [0.29, 0.717) is 29.5 Å². The third-order valence-electron chi connectivity index (χ3n) is 8.13. The average Bonchev–Trinajstić information content (AvgIpc) is 2.98. The molecule has 5 rings (SSSR count). The molecular formula is C33H33BrClNO5. The standard InChI is InChI=1S/C33H33BrClNO5/c1-2-30(41-33(39)21-6-11-26(34)12-7-21)28-14-9-24(28)19-36-16-4-3-5-22-17-27(35)13-8-25(22)20-40-31-15-10-23(32(37)38)18-29(31)36/h2,6-8,10-13,15,17-18,24,28,30H,1,3-5,9,14,16,19-20H2,(H,37,38). The minimum atomic E-state index is -0.977. The lowest BCUT2D eigenvalue weighted by Crippen LogP contribution is -2.44. The van der Waals surface area contributed by atoms with Crippen LogP contribution in [0.5, 0.6) is 5.75 Å². The first-order valence-corrected chi connectivity index (χ1v) is 15.1. The molecular weight excluding hydrogens is 606 g/mol. The van der Waals surface area contributed by atoms with Crippen molar-refractivity contribution in [1.29, 1.82) is 0 Å². The van der Waals surface area contributed by atoms with Crippen LogP contribution in [0.25, 0.3) is 0 Å². The summed E-state index contributed by atoms with van der Waals surface area (Å²) in [5, 5.41) is 10.5. The maximum Gasteiger partial charge on any atom is 0.338 e. The zero-order valence-electron chi connectivity index (χ0n) is 22.7. The Balaban J connectivity index is 1.36. The van der Waals surface area contributed by atoms with E-state index in [9.17, 15) is 14.7 Å². The highest BCUT2D eigenvalue weighted by Gasteiger charge is 2.39. The van der Waals surface area contributed by atoms with Crippen molar-refractivity contribution in [2.45, 2.75) is 44.8 Å². The van der Waals surface area contributed by atoms with Crippen LogP contribution >= 0.6 is 27.5 Å². The Morgan fingerprint density at radius 2 is 1.85 bits per heavy atom. The van der Waals surface area contributed by atoms with Gasteiger partial charge in [0.2, 0.25) is 0 Å². The molecule has 8 heteroatoms. The molecule has 2 aliphatic rings. The number of carboxylic acid groups (broad SMARTS) is 1. The maximum absolute atomic E-state index is 12.9. The van der Waals surface area contributed by atoms with Gasteiger partial charge >= 0.3 is 11.9 Å². The van der Waals surface area contributed by atoms with E-state index in [0.717, 1.165) is 54.4 Å². The average molecular weight is 639 g/mol. The zero-order chi connectivity index (χ0) is 28.9. The fraction of sp³-hybridized carbons (Fsp3) is 0.333. The predicted octanol–water partition coefficient (Wildman–Crippen LogP) is 7.96. The van der Waals surface area contributed by atoms with E-state index in [1.165, 1.54) is 5.56 Å². The molecule has 1 aliphatic carbocycles. The molecule has 0 radical (unpaired) electrons. The molecule has 1 N–H and O–H groups in total. The first-order chi connectivity index (χ1) is 19.8. The number of hydrogen-bond donors (Lipinski definition) is 1. The second kappa shape index (κ2) is 13.1. The number of ether oxygens (including phenoxy) is 2. The largest absolute Gasteiger partial charge is 0.487 e. The van der Waals surface area contributed by atoms with Crippen LogP contribution in [0.3, 0.4) is 0 Å². The molecule has 0 spiro atoms.